The average molecular weight is 409 g/mol. The Kier molecular flexibility index (Phi) is 6.06. The monoisotopic (exact) mass is 408 g/mol. The largest absolute Gasteiger partial charge is 0.341 e. The summed E-state index contributed by atoms with van der Waals surface area (Å²) >= 11 is 3.35. The summed E-state index contributed by atoms with van der Waals surface area (Å²) < 4.78 is 0.803. The molecule has 0 aliphatic carbocycles. The van der Waals surface area contributed by atoms with Crippen LogP contribution in [0.2, 0.25) is 0 Å². The molecule has 2 aliphatic rings. The van der Waals surface area contributed by atoms with Crippen LogP contribution in [0, 0.1) is 0 Å². The molecule has 3 heterocycles. The molecule has 2 amide bonds. The van der Waals surface area contributed by atoms with Gasteiger partial charge in [-0.05, 0) is 48.2 Å². The maximum absolute atomic E-state index is 12.7. The highest BCUT2D eigenvalue weighted by Crippen LogP contribution is 2.16. The smallest absolute Gasteiger partial charge is 0.255 e. The van der Waals surface area contributed by atoms with Gasteiger partial charge in [-0.25, -0.2) is 0 Å². The van der Waals surface area contributed by atoms with E-state index in [-0.39, 0.29) is 17.9 Å². The molecular formula is C18H25BrN4O2. The maximum Gasteiger partial charge on any atom is 0.255 e. The zero-order chi connectivity index (χ0) is 17.8. The van der Waals surface area contributed by atoms with Gasteiger partial charge in [0.25, 0.3) is 5.91 Å². The van der Waals surface area contributed by atoms with E-state index in [4.69, 9.17) is 0 Å². The van der Waals surface area contributed by atoms with E-state index < -0.39 is 0 Å². The normalized spacial score (nSPS) is 20.4. The first-order valence-corrected chi connectivity index (χ1v) is 9.78. The lowest BCUT2D eigenvalue weighted by atomic mass is 10.1. The van der Waals surface area contributed by atoms with Crippen molar-refractivity contribution in [2.45, 2.75) is 32.2 Å². The summed E-state index contributed by atoms with van der Waals surface area (Å²) in [6, 6.07) is 1.69. The first-order valence-electron chi connectivity index (χ1n) is 8.99. The Morgan fingerprint density at radius 3 is 2.32 bits per heavy atom. The van der Waals surface area contributed by atoms with E-state index in [0.29, 0.717) is 18.7 Å². The molecule has 1 aromatic heterocycles. The van der Waals surface area contributed by atoms with Crippen LogP contribution in [0.3, 0.4) is 0 Å². The van der Waals surface area contributed by atoms with Gasteiger partial charge < -0.3 is 9.80 Å². The molecule has 2 aliphatic heterocycles. The van der Waals surface area contributed by atoms with E-state index in [1.165, 1.54) is 6.42 Å². The van der Waals surface area contributed by atoms with Crippen LogP contribution in [0.15, 0.2) is 22.9 Å². The predicted molar refractivity (Wildman–Crippen MR) is 99.3 cm³/mol. The van der Waals surface area contributed by atoms with E-state index in [9.17, 15) is 9.59 Å². The third kappa shape index (κ3) is 4.39. The van der Waals surface area contributed by atoms with Crippen molar-refractivity contribution in [1.82, 2.24) is 19.7 Å². The van der Waals surface area contributed by atoms with E-state index in [1.807, 2.05) is 16.7 Å². The van der Waals surface area contributed by atoms with Crippen molar-refractivity contribution in [3.63, 3.8) is 0 Å². The highest BCUT2D eigenvalue weighted by atomic mass is 79.9. The molecule has 0 saturated carbocycles. The molecule has 2 saturated heterocycles. The van der Waals surface area contributed by atoms with E-state index in [0.717, 1.165) is 43.5 Å². The summed E-state index contributed by atoms with van der Waals surface area (Å²) in [7, 11) is 0. The molecule has 0 N–H and O–H groups in total. The molecule has 136 valence electrons. The third-order valence-corrected chi connectivity index (χ3v) is 5.56. The molecule has 1 aromatic rings. The summed E-state index contributed by atoms with van der Waals surface area (Å²) in [5.41, 5.74) is 0.597. The summed E-state index contributed by atoms with van der Waals surface area (Å²) in [6.07, 6.45) is 6.72. The molecule has 1 unspecified atom stereocenters. The van der Waals surface area contributed by atoms with Crippen LogP contribution < -0.4 is 0 Å². The molecule has 0 spiro atoms. The Labute approximate surface area is 157 Å². The lowest BCUT2D eigenvalue weighted by Crippen LogP contribution is -2.56. The third-order valence-electron chi connectivity index (χ3n) is 5.13. The van der Waals surface area contributed by atoms with Gasteiger partial charge in [-0.15, -0.1) is 0 Å². The zero-order valence-electron chi connectivity index (χ0n) is 14.7. The predicted octanol–water partition coefficient (Wildman–Crippen LogP) is 2.00. The summed E-state index contributed by atoms with van der Waals surface area (Å²) in [4.78, 5) is 35.3. The number of pyridine rings is 1. The Hall–Kier alpha value is -1.47. The zero-order valence-corrected chi connectivity index (χ0v) is 16.2. The van der Waals surface area contributed by atoms with Gasteiger partial charge >= 0.3 is 0 Å². The first kappa shape index (κ1) is 18.3. The second kappa shape index (κ2) is 8.27. The van der Waals surface area contributed by atoms with Crippen molar-refractivity contribution in [1.29, 1.82) is 0 Å². The molecule has 25 heavy (non-hydrogen) atoms. The number of amides is 2. The van der Waals surface area contributed by atoms with E-state index in [1.54, 1.807) is 18.5 Å². The van der Waals surface area contributed by atoms with Crippen LogP contribution in [0.4, 0.5) is 0 Å². The highest BCUT2D eigenvalue weighted by Gasteiger charge is 2.30. The minimum atomic E-state index is -0.108. The number of hydrogen-bond donors (Lipinski definition) is 0. The number of rotatable bonds is 3. The fourth-order valence-electron chi connectivity index (χ4n) is 3.56. The Balaban J connectivity index is 1.54. The molecule has 6 nitrogen and oxygen atoms in total. The van der Waals surface area contributed by atoms with Crippen LogP contribution in [-0.4, -0.2) is 76.8 Å². The number of hydrogen-bond acceptors (Lipinski definition) is 4. The van der Waals surface area contributed by atoms with Crippen molar-refractivity contribution in [2.75, 3.05) is 39.3 Å². The summed E-state index contributed by atoms with van der Waals surface area (Å²) in [5, 5.41) is 0. The average Bonchev–Trinajstić information content (AvgIpc) is 2.67. The van der Waals surface area contributed by atoms with Crippen LogP contribution in [0.1, 0.15) is 36.5 Å². The van der Waals surface area contributed by atoms with Crippen molar-refractivity contribution < 1.29 is 9.59 Å². The van der Waals surface area contributed by atoms with E-state index >= 15 is 0 Å². The summed E-state index contributed by atoms with van der Waals surface area (Å²) in [5.74, 6) is 0.235. The van der Waals surface area contributed by atoms with Crippen LogP contribution in [0.25, 0.3) is 0 Å². The summed E-state index contributed by atoms with van der Waals surface area (Å²) in [6.45, 7) is 6.51. The second-order valence-electron chi connectivity index (χ2n) is 6.78. The number of carbonyl (C=O) groups excluding carboxylic acids is 2. The van der Waals surface area contributed by atoms with Gasteiger partial charge in [0.05, 0.1) is 11.6 Å². The van der Waals surface area contributed by atoms with Crippen molar-refractivity contribution in [3.05, 3.63) is 28.5 Å². The van der Waals surface area contributed by atoms with Gasteiger partial charge in [0.1, 0.15) is 0 Å². The van der Waals surface area contributed by atoms with Crippen LogP contribution >= 0.6 is 15.9 Å². The van der Waals surface area contributed by atoms with Gasteiger partial charge in [0, 0.05) is 56.1 Å². The quantitative estimate of drug-likeness (QED) is 0.767. The highest BCUT2D eigenvalue weighted by molar-refractivity contribution is 9.10. The van der Waals surface area contributed by atoms with E-state index in [2.05, 4.69) is 25.8 Å². The van der Waals surface area contributed by atoms with Gasteiger partial charge in [-0.2, -0.15) is 0 Å². The van der Waals surface area contributed by atoms with Gasteiger partial charge in [0.15, 0.2) is 0 Å². The Morgan fingerprint density at radius 1 is 1.00 bits per heavy atom. The standard InChI is InChI=1S/C18H25BrN4O2/c1-14(17(24)22-5-3-2-4-6-22)21-7-9-23(10-8-21)18(25)15-11-16(19)13-20-12-15/h11-14H,2-10H2,1H3. The number of halogens is 1. The number of aromatic nitrogens is 1. The molecule has 0 bridgehead atoms. The van der Waals surface area contributed by atoms with Gasteiger partial charge in [-0.3, -0.25) is 19.5 Å². The first-order chi connectivity index (χ1) is 12.1. The van der Waals surface area contributed by atoms with Crippen LogP contribution in [-0.2, 0) is 4.79 Å². The van der Waals surface area contributed by atoms with Gasteiger partial charge in [0.2, 0.25) is 5.91 Å². The molecule has 2 fully saturated rings. The topological polar surface area (TPSA) is 56.8 Å². The number of carbonyl (C=O) groups is 2. The fourth-order valence-corrected chi connectivity index (χ4v) is 3.92. The second-order valence-corrected chi connectivity index (χ2v) is 7.70. The lowest BCUT2D eigenvalue weighted by Gasteiger charge is -2.39. The Morgan fingerprint density at radius 2 is 1.68 bits per heavy atom. The maximum atomic E-state index is 12.7. The molecule has 3 rings (SSSR count). The number of likely N-dealkylation sites (tertiary alicyclic amines) is 1. The van der Waals surface area contributed by atoms with Crippen LogP contribution in [0.5, 0.6) is 0 Å². The number of piperazine rings is 1. The molecule has 1 atom stereocenters. The molecule has 0 radical (unpaired) electrons. The molecule has 0 aromatic carbocycles. The minimum Gasteiger partial charge on any atom is -0.341 e. The van der Waals surface area contributed by atoms with Crippen molar-refractivity contribution >= 4 is 27.7 Å². The molecular weight excluding hydrogens is 384 g/mol. The fraction of sp³-hybridized carbons (Fsp3) is 0.611. The lowest BCUT2D eigenvalue weighted by molar-refractivity contribution is -0.137. The molecule has 7 heteroatoms. The Bertz CT molecular complexity index is 625. The van der Waals surface area contributed by atoms with Crippen molar-refractivity contribution in [2.24, 2.45) is 0 Å². The number of piperidine rings is 1. The van der Waals surface area contributed by atoms with Crippen molar-refractivity contribution in [3.8, 4) is 0 Å². The number of nitrogens with zero attached hydrogens (tertiary/aromatic N) is 4. The van der Waals surface area contributed by atoms with Gasteiger partial charge in [-0.1, -0.05) is 0 Å². The minimum absolute atomic E-state index is 0.00320. The SMILES string of the molecule is CC(C(=O)N1CCCCC1)N1CCN(C(=O)c2cncc(Br)c2)CC1.